The van der Waals surface area contributed by atoms with E-state index in [-0.39, 0.29) is 25.2 Å². The lowest BCUT2D eigenvalue weighted by Gasteiger charge is -2.28. The van der Waals surface area contributed by atoms with Crippen LogP contribution < -0.4 is 15.5 Å². The van der Waals surface area contributed by atoms with Crippen LogP contribution in [0.25, 0.3) is 11.1 Å². The average Bonchev–Trinajstić information content (AvgIpc) is 3.33. The number of carbonyl (C=O) groups excluding carboxylic acids is 1. The van der Waals surface area contributed by atoms with Gasteiger partial charge in [-0.25, -0.2) is 14.2 Å². The molecular formula is C26H31F4N5O3. The highest BCUT2D eigenvalue weighted by molar-refractivity contribution is 5.91. The van der Waals surface area contributed by atoms with E-state index in [2.05, 4.69) is 20.5 Å². The molecule has 0 aliphatic carbocycles. The van der Waals surface area contributed by atoms with Crippen LogP contribution in [-0.4, -0.2) is 66.6 Å². The summed E-state index contributed by atoms with van der Waals surface area (Å²) in [5, 5.41) is 14.9. The van der Waals surface area contributed by atoms with Gasteiger partial charge in [0.05, 0.1) is 25.2 Å². The van der Waals surface area contributed by atoms with Crippen molar-refractivity contribution in [3.05, 3.63) is 47.6 Å². The molecule has 12 heteroatoms. The number of ether oxygens (including phenoxy) is 1. The number of alkyl halides is 3. The molecule has 2 aliphatic heterocycles. The standard InChI is InChI=1S/C26H31F4N5O3/c1-16-9-21(27)22(32-25(37)35-4-3-18(14-35)13-26(28,29)30)12-20(16)19-10-23(31-17(2)15-36)33-24(11-19)34-5-7-38-8-6-34/h9-12,15,18,36H,3-8,13-14H2,1-2H3,(H,31,33)(H,32,37)/b17-15+/t18-/m0/s1. The molecule has 0 unspecified atom stereocenters. The summed E-state index contributed by atoms with van der Waals surface area (Å²) in [6.45, 7) is 5.94. The minimum atomic E-state index is -4.29. The van der Waals surface area contributed by atoms with Crippen LogP contribution in [0.3, 0.4) is 0 Å². The second-order valence-corrected chi connectivity index (χ2v) is 9.63. The number of aliphatic hydroxyl groups excluding tert-OH is 1. The topological polar surface area (TPSA) is 90.0 Å². The van der Waals surface area contributed by atoms with E-state index in [1.165, 1.54) is 17.0 Å². The number of nitrogens with one attached hydrogen (secondary N) is 2. The average molecular weight is 538 g/mol. The fraction of sp³-hybridized carbons (Fsp3) is 0.462. The van der Waals surface area contributed by atoms with Crippen molar-refractivity contribution in [2.75, 3.05) is 54.9 Å². The predicted octanol–water partition coefficient (Wildman–Crippen LogP) is 5.67. The Morgan fingerprint density at radius 3 is 2.61 bits per heavy atom. The molecule has 3 heterocycles. The Kier molecular flexibility index (Phi) is 8.29. The molecule has 1 aromatic heterocycles. The molecule has 2 fully saturated rings. The van der Waals surface area contributed by atoms with E-state index in [0.717, 1.165) is 6.26 Å². The zero-order valence-corrected chi connectivity index (χ0v) is 21.2. The van der Waals surface area contributed by atoms with Crippen molar-refractivity contribution in [3.8, 4) is 11.1 Å². The van der Waals surface area contributed by atoms with Crippen molar-refractivity contribution in [3.63, 3.8) is 0 Å². The summed E-state index contributed by atoms with van der Waals surface area (Å²) in [4.78, 5) is 20.8. The van der Waals surface area contributed by atoms with Gasteiger partial charge in [0.1, 0.15) is 17.5 Å². The van der Waals surface area contributed by atoms with Gasteiger partial charge in [0.25, 0.3) is 0 Å². The van der Waals surface area contributed by atoms with Gasteiger partial charge in [-0.1, -0.05) is 0 Å². The lowest BCUT2D eigenvalue weighted by Crippen LogP contribution is -2.36. The number of pyridine rings is 1. The van der Waals surface area contributed by atoms with Crippen LogP contribution in [0.1, 0.15) is 25.3 Å². The third-order valence-electron chi connectivity index (χ3n) is 6.63. The van der Waals surface area contributed by atoms with E-state index < -0.39 is 30.4 Å². The Morgan fingerprint density at radius 1 is 1.18 bits per heavy atom. The van der Waals surface area contributed by atoms with Crippen LogP contribution in [0.4, 0.5) is 39.7 Å². The number of allylic oxidation sites excluding steroid dienone is 1. The quantitative estimate of drug-likeness (QED) is 0.325. The number of nitrogens with zero attached hydrogens (tertiary/aromatic N) is 3. The van der Waals surface area contributed by atoms with Crippen molar-refractivity contribution >= 4 is 23.4 Å². The number of urea groups is 1. The highest BCUT2D eigenvalue weighted by atomic mass is 19.4. The second-order valence-electron chi connectivity index (χ2n) is 9.63. The molecule has 3 N–H and O–H groups in total. The number of hydrogen-bond donors (Lipinski definition) is 3. The van der Waals surface area contributed by atoms with Crippen LogP contribution in [0.2, 0.25) is 0 Å². The first-order valence-electron chi connectivity index (χ1n) is 12.4. The van der Waals surface area contributed by atoms with Gasteiger partial charge in [0, 0.05) is 38.3 Å². The summed E-state index contributed by atoms with van der Waals surface area (Å²) in [6, 6.07) is 5.80. The Hall–Kier alpha value is -3.54. The van der Waals surface area contributed by atoms with Gasteiger partial charge in [0.15, 0.2) is 0 Å². The van der Waals surface area contributed by atoms with Crippen LogP contribution in [0, 0.1) is 18.7 Å². The molecule has 8 nitrogen and oxygen atoms in total. The number of aryl methyl sites for hydroxylation is 1. The first-order valence-corrected chi connectivity index (χ1v) is 12.4. The summed E-state index contributed by atoms with van der Waals surface area (Å²) < 4.78 is 58.6. The maximum Gasteiger partial charge on any atom is 0.389 e. The van der Waals surface area contributed by atoms with Crippen molar-refractivity contribution in [2.24, 2.45) is 5.92 Å². The van der Waals surface area contributed by atoms with Crippen molar-refractivity contribution < 1.29 is 32.2 Å². The van der Waals surface area contributed by atoms with Gasteiger partial charge in [-0.15, -0.1) is 0 Å². The van der Waals surface area contributed by atoms with E-state index in [4.69, 9.17) is 4.74 Å². The van der Waals surface area contributed by atoms with Gasteiger partial charge >= 0.3 is 12.2 Å². The maximum absolute atomic E-state index is 14.9. The normalized spacial score (nSPS) is 18.6. The minimum absolute atomic E-state index is 0.0360. The first kappa shape index (κ1) is 27.5. The fourth-order valence-corrected chi connectivity index (χ4v) is 4.71. The van der Waals surface area contributed by atoms with Crippen LogP contribution >= 0.6 is 0 Å². The summed E-state index contributed by atoms with van der Waals surface area (Å²) in [7, 11) is 0. The van der Waals surface area contributed by atoms with Crippen LogP contribution in [-0.2, 0) is 4.74 Å². The van der Waals surface area contributed by atoms with Crippen LogP contribution in [0.15, 0.2) is 36.2 Å². The minimum Gasteiger partial charge on any atom is -0.514 e. The molecule has 0 spiro atoms. The lowest BCUT2D eigenvalue weighted by molar-refractivity contribution is -0.143. The number of rotatable bonds is 6. The van der Waals surface area contributed by atoms with E-state index in [1.54, 1.807) is 19.9 Å². The molecule has 2 aliphatic rings. The SMILES string of the molecule is C/C(=C\O)Nc1cc(-c2cc(NC(=O)N3CC[C@@H](CC(F)(F)F)C3)c(F)cc2C)cc(N2CCOCC2)n1. The number of anilines is 3. The monoisotopic (exact) mass is 537 g/mol. The number of likely N-dealkylation sites (tertiary alicyclic amines) is 1. The Morgan fingerprint density at radius 2 is 1.92 bits per heavy atom. The zero-order valence-electron chi connectivity index (χ0n) is 21.2. The smallest absolute Gasteiger partial charge is 0.389 e. The highest BCUT2D eigenvalue weighted by Gasteiger charge is 2.36. The first-order chi connectivity index (χ1) is 18.0. The molecule has 2 saturated heterocycles. The molecule has 0 radical (unpaired) electrons. The second kappa shape index (κ2) is 11.5. The molecule has 2 amide bonds. The number of aliphatic hydroxyl groups is 1. The largest absolute Gasteiger partial charge is 0.514 e. The lowest BCUT2D eigenvalue weighted by atomic mass is 9.99. The number of halogens is 4. The van der Waals surface area contributed by atoms with E-state index in [9.17, 15) is 27.5 Å². The predicted molar refractivity (Wildman–Crippen MR) is 137 cm³/mol. The molecule has 2 aromatic rings. The van der Waals surface area contributed by atoms with Crippen molar-refractivity contribution in [2.45, 2.75) is 32.9 Å². The molecule has 1 aromatic carbocycles. The van der Waals surface area contributed by atoms with Gasteiger partial charge in [0.2, 0.25) is 0 Å². The molecule has 38 heavy (non-hydrogen) atoms. The number of morpholine rings is 1. The van der Waals surface area contributed by atoms with E-state index >= 15 is 0 Å². The molecule has 4 rings (SSSR count). The van der Waals surface area contributed by atoms with Crippen LogP contribution in [0.5, 0.6) is 0 Å². The third kappa shape index (κ3) is 6.85. The van der Waals surface area contributed by atoms with Crippen molar-refractivity contribution in [1.82, 2.24) is 9.88 Å². The summed E-state index contributed by atoms with van der Waals surface area (Å²) >= 11 is 0. The fourth-order valence-electron chi connectivity index (χ4n) is 4.71. The van der Waals surface area contributed by atoms with E-state index in [0.29, 0.717) is 60.3 Å². The summed E-state index contributed by atoms with van der Waals surface area (Å²) in [6.07, 6.45) is -4.07. The molecule has 1 atom stereocenters. The molecular weight excluding hydrogens is 506 g/mol. The molecule has 206 valence electrons. The zero-order chi connectivity index (χ0) is 27.4. The van der Waals surface area contributed by atoms with Gasteiger partial charge < -0.3 is 30.3 Å². The maximum atomic E-state index is 14.9. The summed E-state index contributed by atoms with van der Waals surface area (Å²) in [5.41, 5.74) is 2.37. The highest BCUT2D eigenvalue weighted by Crippen LogP contribution is 2.34. The number of aromatic nitrogens is 1. The number of benzene rings is 1. The number of hydrogen-bond acceptors (Lipinski definition) is 6. The Bertz CT molecular complexity index is 1200. The van der Waals surface area contributed by atoms with Gasteiger partial charge in [-0.3, -0.25) is 0 Å². The molecule has 0 bridgehead atoms. The number of amides is 2. The van der Waals surface area contributed by atoms with Crippen molar-refractivity contribution in [1.29, 1.82) is 0 Å². The molecule has 0 saturated carbocycles. The number of carbonyl (C=O) groups is 1. The Labute approximate surface area is 218 Å². The third-order valence-corrected chi connectivity index (χ3v) is 6.63. The Balaban J connectivity index is 1.61. The van der Waals surface area contributed by atoms with Gasteiger partial charge in [-0.05, 0) is 67.1 Å². The summed E-state index contributed by atoms with van der Waals surface area (Å²) in [5.74, 6) is -0.183. The van der Waals surface area contributed by atoms with Gasteiger partial charge in [-0.2, -0.15) is 13.2 Å². The van der Waals surface area contributed by atoms with E-state index in [1.807, 2.05) is 6.07 Å².